The van der Waals surface area contributed by atoms with Crippen molar-refractivity contribution >= 4 is 38.4 Å². The van der Waals surface area contributed by atoms with Crippen LogP contribution in [0.3, 0.4) is 0 Å². The largest absolute Gasteiger partial charge is 0.383 e. The first-order chi connectivity index (χ1) is 11.0. The SMILES string of the molecule is C=CCN1c2c(cc(Cl)c3cn[nH]c23)CN(CCOC)S1(=O)=O. The Labute approximate surface area is 139 Å². The molecule has 0 fully saturated rings. The molecule has 0 aliphatic carbocycles. The number of nitrogens with one attached hydrogen (secondary N) is 1. The molecule has 2 aromatic rings. The second-order valence-electron chi connectivity index (χ2n) is 5.18. The number of hydrogen-bond acceptors (Lipinski definition) is 4. The zero-order valence-corrected chi connectivity index (χ0v) is 14.2. The van der Waals surface area contributed by atoms with E-state index in [0.29, 0.717) is 28.2 Å². The van der Waals surface area contributed by atoms with E-state index in [1.54, 1.807) is 18.3 Å². The summed E-state index contributed by atoms with van der Waals surface area (Å²) in [6.45, 7) is 4.65. The van der Waals surface area contributed by atoms with Crippen LogP contribution in [0.15, 0.2) is 24.9 Å². The van der Waals surface area contributed by atoms with Crippen LogP contribution in [-0.4, -0.2) is 49.7 Å². The van der Waals surface area contributed by atoms with E-state index in [-0.39, 0.29) is 19.6 Å². The molecule has 0 spiro atoms. The lowest BCUT2D eigenvalue weighted by atomic mass is 10.1. The van der Waals surface area contributed by atoms with E-state index in [1.807, 2.05) is 0 Å². The van der Waals surface area contributed by atoms with Crippen molar-refractivity contribution in [3.8, 4) is 0 Å². The van der Waals surface area contributed by atoms with Gasteiger partial charge in [-0.15, -0.1) is 6.58 Å². The lowest BCUT2D eigenvalue weighted by molar-refractivity contribution is 0.177. The van der Waals surface area contributed by atoms with Gasteiger partial charge in [0.1, 0.15) is 0 Å². The summed E-state index contributed by atoms with van der Waals surface area (Å²) in [7, 11) is -2.13. The Morgan fingerprint density at radius 2 is 2.35 bits per heavy atom. The number of H-pyrrole nitrogens is 1. The number of fused-ring (bicyclic) bond motifs is 3. The Balaban J connectivity index is 2.21. The third kappa shape index (κ3) is 2.61. The molecule has 1 aliphatic rings. The fourth-order valence-electron chi connectivity index (χ4n) is 2.73. The Hall–Kier alpha value is -1.61. The molecule has 1 aliphatic heterocycles. The fourth-order valence-corrected chi connectivity index (χ4v) is 4.62. The summed E-state index contributed by atoms with van der Waals surface area (Å²) in [5.74, 6) is 0. The van der Waals surface area contributed by atoms with Crippen molar-refractivity contribution in [3.05, 3.63) is 35.5 Å². The topological polar surface area (TPSA) is 78.5 Å². The van der Waals surface area contributed by atoms with Gasteiger partial charge in [0.25, 0.3) is 0 Å². The van der Waals surface area contributed by atoms with Crippen molar-refractivity contribution < 1.29 is 13.2 Å². The van der Waals surface area contributed by atoms with Gasteiger partial charge in [0, 0.05) is 25.6 Å². The summed E-state index contributed by atoms with van der Waals surface area (Å²) in [6.07, 6.45) is 3.14. The number of aromatic amines is 1. The number of ether oxygens (including phenoxy) is 1. The molecule has 124 valence electrons. The average molecular weight is 357 g/mol. The van der Waals surface area contributed by atoms with Crippen LogP contribution in [0.4, 0.5) is 5.69 Å². The van der Waals surface area contributed by atoms with E-state index in [2.05, 4.69) is 16.8 Å². The molecule has 1 aromatic heterocycles. The average Bonchev–Trinajstić information content (AvgIpc) is 2.99. The van der Waals surface area contributed by atoms with Gasteiger partial charge < -0.3 is 4.74 Å². The predicted octanol–water partition coefficient (Wildman–Crippen LogP) is 1.92. The maximum absolute atomic E-state index is 12.9. The van der Waals surface area contributed by atoms with Gasteiger partial charge in [0.15, 0.2) is 0 Å². The monoisotopic (exact) mass is 356 g/mol. The van der Waals surface area contributed by atoms with Crippen molar-refractivity contribution in [2.45, 2.75) is 6.54 Å². The Morgan fingerprint density at radius 1 is 1.57 bits per heavy atom. The maximum Gasteiger partial charge on any atom is 0.304 e. The summed E-state index contributed by atoms with van der Waals surface area (Å²) in [6, 6.07) is 1.79. The number of rotatable bonds is 5. The van der Waals surface area contributed by atoms with Gasteiger partial charge >= 0.3 is 10.2 Å². The molecular weight excluding hydrogens is 340 g/mol. The highest BCUT2D eigenvalue weighted by molar-refractivity contribution is 7.90. The highest BCUT2D eigenvalue weighted by Gasteiger charge is 2.37. The lowest BCUT2D eigenvalue weighted by Gasteiger charge is -2.37. The smallest absolute Gasteiger partial charge is 0.304 e. The number of aromatic nitrogens is 2. The molecule has 0 bridgehead atoms. The molecule has 9 heteroatoms. The molecule has 1 N–H and O–H groups in total. The van der Waals surface area contributed by atoms with E-state index in [9.17, 15) is 8.42 Å². The summed E-state index contributed by atoms with van der Waals surface area (Å²) in [5, 5.41) is 8.08. The minimum absolute atomic E-state index is 0.161. The first kappa shape index (κ1) is 16.3. The highest BCUT2D eigenvalue weighted by Crippen LogP contribution is 2.40. The second kappa shape index (κ2) is 6.12. The van der Waals surface area contributed by atoms with Crippen LogP contribution in [0.5, 0.6) is 0 Å². The normalized spacial score (nSPS) is 17.4. The number of halogens is 1. The molecule has 0 amide bonds. The predicted molar refractivity (Wildman–Crippen MR) is 89.9 cm³/mol. The quantitative estimate of drug-likeness (QED) is 0.830. The van der Waals surface area contributed by atoms with Gasteiger partial charge in [-0.25, -0.2) is 0 Å². The van der Waals surface area contributed by atoms with Crippen LogP contribution in [0, 0.1) is 0 Å². The van der Waals surface area contributed by atoms with Crippen LogP contribution in [-0.2, 0) is 21.5 Å². The first-order valence-corrected chi connectivity index (χ1v) is 8.80. The van der Waals surface area contributed by atoms with Gasteiger partial charge in [-0.3, -0.25) is 9.40 Å². The lowest BCUT2D eigenvalue weighted by Crippen LogP contribution is -2.48. The minimum Gasteiger partial charge on any atom is -0.383 e. The molecule has 3 rings (SSSR count). The standard InChI is InChI=1S/C14H17ClN4O3S/c1-3-4-19-14-10(7-12(15)11-8-16-17-13(11)14)9-18(5-6-22-2)23(19,20)21/h3,7-8H,1,4-6,9H2,2H3,(H,16,17). The van der Waals surface area contributed by atoms with Gasteiger partial charge in [0.2, 0.25) is 0 Å². The fraction of sp³-hybridized carbons (Fsp3) is 0.357. The number of benzene rings is 1. The van der Waals surface area contributed by atoms with Crippen molar-refractivity contribution in [2.24, 2.45) is 0 Å². The molecular formula is C14H17ClN4O3S. The van der Waals surface area contributed by atoms with Crippen LogP contribution in [0.2, 0.25) is 5.02 Å². The third-order valence-electron chi connectivity index (χ3n) is 3.78. The van der Waals surface area contributed by atoms with Crippen LogP contribution < -0.4 is 4.31 Å². The highest BCUT2D eigenvalue weighted by atomic mass is 35.5. The molecule has 0 saturated heterocycles. The summed E-state index contributed by atoms with van der Waals surface area (Å²) in [4.78, 5) is 0. The Bertz CT molecular complexity index is 849. The zero-order chi connectivity index (χ0) is 16.6. The summed E-state index contributed by atoms with van der Waals surface area (Å²) < 4.78 is 33.5. The Morgan fingerprint density at radius 3 is 3.04 bits per heavy atom. The number of anilines is 1. The van der Waals surface area contributed by atoms with E-state index in [1.165, 1.54) is 15.7 Å². The van der Waals surface area contributed by atoms with E-state index < -0.39 is 10.2 Å². The molecule has 0 radical (unpaired) electrons. The Kier molecular flexibility index (Phi) is 4.33. The van der Waals surface area contributed by atoms with Gasteiger partial charge in [-0.2, -0.15) is 17.8 Å². The third-order valence-corrected chi connectivity index (χ3v) is 5.94. The minimum atomic E-state index is -3.67. The van der Waals surface area contributed by atoms with Crippen molar-refractivity contribution in [1.82, 2.24) is 14.5 Å². The van der Waals surface area contributed by atoms with Gasteiger partial charge in [0.05, 0.1) is 35.6 Å². The van der Waals surface area contributed by atoms with Crippen LogP contribution >= 0.6 is 11.6 Å². The molecule has 0 atom stereocenters. The second-order valence-corrected chi connectivity index (χ2v) is 7.44. The molecule has 0 unspecified atom stereocenters. The molecule has 23 heavy (non-hydrogen) atoms. The molecule has 7 nitrogen and oxygen atoms in total. The number of hydrogen-bond donors (Lipinski definition) is 1. The summed E-state index contributed by atoms with van der Waals surface area (Å²) >= 11 is 6.29. The van der Waals surface area contributed by atoms with Crippen molar-refractivity contribution in [2.75, 3.05) is 31.1 Å². The number of nitrogens with zero attached hydrogens (tertiary/aromatic N) is 3. The van der Waals surface area contributed by atoms with Crippen molar-refractivity contribution in [1.29, 1.82) is 0 Å². The maximum atomic E-state index is 12.9. The number of methoxy groups -OCH3 is 1. The summed E-state index contributed by atoms with van der Waals surface area (Å²) in [5.41, 5.74) is 2.01. The molecule has 0 saturated carbocycles. The zero-order valence-electron chi connectivity index (χ0n) is 12.6. The molecule has 1 aromatic carbocycles. The van der Waals surface area contributed by atoms with E-state index in [4.69, 9.17) is 16.3 Å². The van der Waals surface area contributed by atoms with Gasteiger partial charge in [-0.1, -0.05) is 17.7 Å². The van der Waals surface area contributed by atoms with Gasteiger partial charge in [-0.05, 0) is 11.6 Å². The first-order valence-electron chi connectivity index (χ1n) is 7.02. The van der Waals surface area contributed by atoms with Crippen LogP contribution in [0.1, 0.15) is 5.56 Å². The van der Waals surface area contributed by atoms with Crippen molar-refractivity contribution in [3.63, 3.8) is 0 Å². The van der Waals surface area contributed by atoms with E-state index in [0.717, 1.165) is 5.56 Å². The molecule has 2 heterocycles. The van der Waals surface area contributed by atoms with E-state index >= 15 is 0 Å². The van der Waals surface area contributed by atoms with Crippen LogP contribution in [0.25, 0.3) is 10.9 Å².